The molecule has 1 aliphatic heterocycles. The van der Waals surface area contributed by atoms with Crippen LogP contribution < -0.4 is 0 Å². The summed E-state index contributed by atoms with van der Waals surface area (Å²) in [5.41, 5.74) is 4.88. The third-order valence-electron chi connectivity index (χ3n) is 4.43. The number of aromatic nitrogens is 2. The number of aryl methyl sites for hydroxylation is 1. The minimum Gasteiger partial charge on any atom is -0.296 e. The van der Waals surface area contributed by atoms with E-state index in [1.54, 1.807) is 0 Å². The Bertz CT molecular complexity index is 1010. The number of benzene rings is 2. The van der Waals surface area contributed by atoms with Crippen LogP contribution in [-0.2, 0) is 0 Å². The van der Waals surface area contributed by atoms with Gasteiger partial charge in [0.05, 0.1) is 17.1 Å². The lowest BCUT2D eigenvalue weighted by Crippen LogP contribution is -2.09. The van der Waals surface area contributed by atoms with Crippen molar-refractivity contribution < 1.29 is 4.79 Å². The van der Waals surface area contributed by atoms with Gasteiger partial charge in [0.2, 0.25) is 0 Å². The first kappa shape index (κ1) is 15.8. The Kier molecular flexibility index (Phi) is 3.77. The van der Waals surface area contributed by atoms with Crippen molar-refractivity contribution in [2.75, 3.05) is 0 Å². The molecule has 0 saturated heterocycles. The first-order valence-corrected chi connectivity index (χ1v) is 8.46. The number of fused-ring (bicyclic) bond motifs is 3. The second-order valence-corrected chi connectivity index (χ2v) is 6.51. The quantitative estimate of drug-likeness (QED) is 0.637. The lowest BCUT2D eigenvalue weighted by atomic mass is 10.0. The summed E-state index contributed by atoms with van der Waals surface area (Å²) in [5, 5.41) is 0.628. The van der Waals surface area contributed by atoms with E-state index >= 15 is 0 Å². The highest BCUT2D eigenvalue weighted by molar-refractivity contribution is 6.31. The molecule has 3 aromatic rings. The summed E-state index contributed by atoms with van der Waals surface area (Å²) in [6.45, 7) is 3.83. The summed E-state index contributed by atoms with van der Waals surface area (Å²) in [7, 11) is 0. The minimum absolute atomic E-state index is 0.186. The number of rotatable bonds is 2. The molecule has 0 saturated carbocycles. The van der Waals surface area contributed by atoms with Gasteiger partial charge in [0.1, 0.15) is 17.6 Å². The van der Waals surface area contributed by atoms with Gasteiger partial charge in [-0.05, 0) is 32.0 Å². The smallest absolute Gasteiger partial charge is 0.168 e. The Morgan fingerprint density at radius 3 is 2.64 bits per heavy atom. The van der Waals surface area contributed by atoms with Crippen LogP contribution in [0.15, 0.2) is 53.5 Å². The van der Waals surface area contributed by atoms with Crippen LogP contribution in [0.4, 0.5) is 0 Å². The van der Waals surface area contributed by atoms with Crippen molar-refractivity contribution in [1.29, 1.82) is 0 Å². The molecule has 25 heavy (non-hydrogen) atoms. The summed E-state index contributed by atoms with van der Waals surface area (Å²) in [5.74, 6) is 0.758. The van der Waals surface area contributed by atoms with Crippen LogP contribution in [-0.4, -0.2) is 21.5 Å². The number of halogens is 1. The molecule has 1 unspecified atom stereocenters. The van der Waals surface area contributed by atoms with Gasteiger partial charge in [0.25, 0.3) is 0 Å². The molecule has 0 aliphatic carbocycles. The SMILES string of the molecule is Cc1nc2n(c1C=O)-c1ccc(Cl)cc1C(c1ccccc1)=NC2C. The van der Waals surface area contributed by atoms with Crippen LogP contribution >= 0.6 is 11.6 Å². The number of hydrogen-bond donors (Lipinski definition) is 0. The van der Waals surface area contributed by atoms with Crippen molar-refractivity contribution >= 4 is 23.6 Å². The fourth-order valence-electron chi connectivity index (χ4n) is 3.28. The average molecular weight is 350 g/mol. The van der Waals surface area contributed by atoms with Crippen molar-refractivity contribution in [3.05, 3.63) is 81.9 Å². The molecule has 0 N–H and O–H groups in total. The van der Waals surface area contributed by atoms with Gasteiger partial charge in [-0.1, -0.05) is 41.9 Å². The third-order valence-corrected chi connectivity index (χ3v) is 4.67. The normalized spacial score (nSPS) is 15.8. The molecule has 1 atom stereocenters. The topological polar surface area (TPSA) is 47.2 Å². The van der Waals surface area contributed by atoms with Crippen LogP contribution in [0.25, 0.3) is 5.69 Å². The Morgan fingerprint density at radius 2 is 1.92 bits per heavy atom. The van der Waals surface area contributed by atoms with Gasteiger partial charge in [-0.15, -0.1) is 0 Å². The third kappa shape index (κ3) is 2.50. The van der Waals surface area contributed by atoms with Gasteiger partial charge < -0.3 is 0 Å². The summed E-state index contributed by atoms with van der Waals surface area (Å²) < 4.78 is 1.90. The molecule has 0 bridgehead atoms. The molecule has 0 fully saturated rings. The van der Waals surface area contributed by atoms with Crippen molar-refractivity contribution in [3.8, 4) is 5.69 Å². The minimum atomic E-state index is -0.186. The van der Waals surface area contributed by atoms with E-state index in [9.17, 15) is 4.79 Å². The van der Waals surface area contributed by atoms with Gasteiger partial charge in [0.15, 0.2) is 6.29 Å². The number of carbonyl (C=O) groups is 1. The lowest BCUT2D eigenvalue weighted by Gasteiger charge is -2.13. The maximum Gasteiger partial charge on any atom is 0.168 e. The zero-order valence-corrected chi connectivity index (χ0v) is 14.7. The Hall–Kier alpha value is -2.72. The molecule has 0 amide bonds. The molecule has 4 rings (SSSR count). The molecule has 4 nitrogen and oxygen atoms in total. The fourth-order valence-corrected chi connectivity index (χ4v) is 3.45. The van der Waals surface area contributed by atoms with Gasteiger partial charge in [-0.2, -0.15) is 0 Å². The van der Waals surface area contributed by atoms with E-state index in [-0.39, 0.29) is 6.04 Å². The number of hydrogen-bond acceptors (Lipinski definition) is 3. The van der Waals surface area contributed by atoms with E-state index in [4.69, 9.17) is 16.6 Å². The summed E-state index contributed by atoms with van der Waals surface area (Å²) >= 11 is 6.28. The number of aldehydes is 1. The molecule has 1 aliphatic rings. The largest absolute Gasteiger partial charge is 0.296 e. The van der Waals surface area contributed by atoms with Crippen LogP contribution in [0.5, 0.6) is 0 Å². The number of imidazole rings is 1. The van der Waals surface area contributed by atoms with E-state index in [1.807, 2.05) is 66.9 Å². The Labute approximate surface area is 150 Å². The second kappa shape index (κ2) is 5.97. The highest BCUT2D eigenvalue weighted by atomic mass is 35.5. The first-order chi connectivity index (χ1) is 12.1. The predicted octanol–water partition coefficient (Wildman–Crippen LogP) is 4.56. The van der Waals surface area contributed by atoms with Gasteiger partial charge in [-0.25, -0.2) is 4.98 Å². The molecule has 0 radical (unpaired) electrons. The first-order valence-electron chi connectivity index (χ1n) is 8.08. The molecule has 2 heterocycles. The molecule has 2 aromatic carbocycles. The highest BCUT2D eigenvalue weighted by Crippen LogP contribution is 2.33. The number of nitrogens with zero attached hydrogens (tertiary/aromatic N) is 3. The van der Waals surface area contributed by atoms with Crippen LogP contribution in [0.2, 0.25) is 5.02 Å². The number of carbonyl (C=O) groups excluding carboxylic acids is 1. The summed E-state index contributed by atoms with van der Waals surface area (Å²) in [6, 6.07) is 15.4. The van der Waals surface area contributed by atoms with Crippen molar-refractivity contribution in [2.24, 2.45) is 4.99 Å². The summed E-state index contributed by atoms with van der Waals surface area (Å²) in [6.07, 6.45) is 0.852. The van der Waals surface area contributed by atoms with Crippen molar-refractivity contribution in [3.63, 3.8) is 0 Å². The average Bonchev–Trinajstić information content (AvgIpc) is 2.91. The van der Waals surface area contributed by atoms with Gasteiger partial charge in [0, 0.05) is 16.1 Å². The highest BCUT2D eigenvalue weighted by Gasteiger charge is 2.27. The standard InChI is InChI=1S/C20H16ClN3O/c1-12-18(11-25)24-17-9-8-15(21)10-16(17)19(14-6-4-3-5-7-14)22-13(2)20(24)23-12/h3-11,13H,1-2H3. The monoisotopic (exact) mass is 349 g/mol. The zero-order valence-electron chi connectivity index (χ0n) is 13.9. The Morgan fingerprint density at radius 1 is 1.16 bits per heavy atom. The van der Waals surface area contributed by atoms with Crippen LogP contribution in [0.3, 0.4) is 0 Å². The predicted molar refractivity (Wildman–Crippen MR) is 99.2 cm³/mol. The molecule has 124 valence electrons. The van der Waals surface area contributed by atoms with Crippen LogP contribution in [0, 0.1) is 6.92 Å². The molecule has 1 aromatic heterocycles. The molecular weight excluding hydrogens is 334 g/mol. The van der Waals surface area contributed by atoms with Crippen molar-refractivity contribution in [1.82, 2.24) is 9.55 Å². The maximum atomic E-state index is 11.7. The van der Waals surface area contributed by atoms with E-state index in [0.29, 0.717) is 16.4 Å². The van der Waals surface area contributed by atoms with Crippen LogP contribution in [0.1, 0.15) is 46.1 Å². The van der Waals surface area contributed by atoms with E-state index in [0.717, 1.165) is 34.6 Å². The Balaban J connectivity index is 2.08. The summed E-state index contributed by atoms with van der Waals surface area (Å²) in [4.78, 5) is 21.2. The molecule has 0 spiro atoms. The molecular formula is C20H16ClN3O. The second-order valence-electron chi connectivity index (χ2n) is 6.08. The van der Waals surface area contributed by atoms with Crippen molar-refractivity contribution in [2.45, 2.75) is 19.9 Å². The fraction of sp³-hybridized carbons (Fsp3) is 0.150. The van der Waals surface area contributed by atoms with E-state index in [1.165, 1.54) is 0 Å². The lowest BCUT2D eigenvalue weighted by molar-refractivity contribution is 0.111. The van der Waals surface area contributed by atoms with E-state index in [2.05, 4.69) is 4.98 Å². The van der Waals surface area contributed by atoms with E-state index < -0.39 is 0 Å². The van der Waals surface area contributed by atoms with Gasteiger partial charge >= 0.3 is 0 Å². The maximum absolute atomic E-state index is 11.7. The van der Waals surface area contributed by atoms with Gasteiger partial charge in [-0.3, -0.25) is 14.4 Å². The molecule has 5 heteroatoms. The number of aliphatic imine (C=N–C) groups is 1. The zero-order chi connectivity index (χ0) is 17.6.